The lowest BCUT2D eigenvalue weighted by molar-refractivity contribution is 0.247. The Morgan fingerprint density at radius 3 is 2.46 bits per heavy atom. The highest BCUT2D eigenvalue weighted by atomic mass is 35.5. The summed E-state index contributed by atoms with van der Waals surface area (Å²) in [7, 11) is 0. The number of halogens is 2. The molecular formula is C17H32Cl2N4O. The first-order valence-corrected chi connectivity index (χ1v) is 8.62. The molecule has 1 aliphatic heterocycles. The Morgan fingerprint density at radius 1 is 1.08 bits per heavy atom. The van der Waals surface area contributed by atoms with Gasteiger partial charge in [0.05, 0.1) is 5.69 Å². The van der Waals surface area contributed by atoms with E-state index in [9.17, 15) is 0 Å². The summed E-state index contributed by atoms with van der Waals surface area (Å²) in [6, 6.07) is 4.10. The number of aliphatic hydroxyl groups excluding tert-OH is 1. The van der Waals surface area contributed by atoms with Crippen LogP contribution < -0.4 is 10.2 Å². The molecule has 2 N–H and O–H groups in total. The molecule has 1 aliphatic rings. The first-order chi connectivity index (χ1) is 10.8. The Hall–Kier alpha value is -0.750. The van der Waals surface area contributed by atoms with Crippen LogP contribution in [0.5, 0.6) is 0 Å². The van der Waals surface area contributed by atoms with E-state index >= 15 is 0 Å². The quantitative estimate of drug-likeness (QED) is 0.646. The number of hydrogen-bond acceptors (Lipinski definition) is 5. The Morgan fingerprint density at radius 2 is 1.79 bits per heavy atom. The number of aromatic nitrogens is 1. The fraction of sp³-hybridized carbons (Fsp3) is 0.706. The van der Waals surface area contributed by atoms with Crippen LogP contribution in [0.2, 0.25) is 0 Å². The second-order valence-electron chi connectivity index (χ2n) is 5.87. The molecule has 5 nitrogen and oxygen atoms in total. The Balaban J connectivity index is 0.00000264. The third-order valence-electron chi connectivity index (χ3n) is 4.21. The largest absolute Gasteiger partial charge is 0.396 e. The number of nitrogens with one attached hydrogen (secondary N) is 1. The smallest absolute Gasteiger partial charge is 0.152 e. The summed E-state index contributed by atoms with van der Waals surface area (Å²) in [6.07, 6.45) is 6.44. The van der Waals surface area contributed by atoms with Crippen molar-refractivity contribution in [2.45, 2.75) is 32.6 Å². The van der Waals surface area contributed by atoms with Gasteiger partial charge >= 0.3 is 0 Å². The zero-order valence-corrected chi connectivity index (χ0v) is 16.2. The van der Waals surface area contributed by atoms with Gasteiger partial charge in [-0.25, -0.2) is 4.98 Å². The van der Waals surface area contributed by atoms with Crippen LogP contribution >= 0.6 is 24.8 Å². The van der Waals surface area contributed by atoms with Crippen LogP contribution in [0.1, 0.15) is 32.6 Å². The van der Waals surface area contributed by atoms with Gasteiger partial charge in [-0.15, -0.1) is 24.8 Å². The van der Waals surface area contributed by atoms with Gasteiger partial charge in [-0.1, -0.05) is 12.8 Å². The number of nitrogens with zero attached hydrogens (tertiary/aromatic N) is 3. The number of hydrogen-bond donors (Lipinski definition) is 2. The van der Waals surface area contributed by atoms with Gasteiger partial charge in [-0.2, -0.15) is 0 Å². The second-order valence-corrected chi connectivity index (χ2v) is 5.87. The van der Waals surface area contributed by atoms with Crippen molar-refractivity contribution in [1.29, 1.82) is 0 Å². The first kappa shape index (κ1) is 23.2. The lowest BCUT2D eigenvalue weighted by atomic mass is 10.2. The molecule has 1 saturated heterocycles. The topological polar surface area (TPSA) is 51.6 Å². The summed E-state index contributed by atoms with van der Waals surface area (Å²) in [6.45, 7) is 8.87. The van der Waals surface area contributed by atoms with Gasteiger partial charge in [-0.3, -0.25) is 4.90 Å². The molecule has 0 saturated carbocycles. The van der Waals surface area contributed by atoms with E-state index in [2.05, 4.69) is 33.1 Å². The van der Waals surface area contributed by atoms with Gasteiger partial charge in [0.15, 0.2) is 5.82 Å². The maximum atomic E-state index is 8.79. The third kappa shape index (κ3) is 7.43. The summed E-state index contributed by atoms with van der Waals surface area (Å²) in [4.78, 5) is 9.50. The van der Waals surface area contributed by atoms with E-state index in [1.54, 1.807) is 0 Å². The van der Waals surface area contributed by atoms with E-state index in [0.717, 1.165) is 57.1 Å². The van der Waals surface area contributed by atoms with Gasteiger partial charge in [0, 0.05) is 45.5 Å². The van der Waals surface area contributed by atoms with Gasteiger partial charge < -0.3 is 15.3 Å². The van der Waals surface area contributed by atoms with Crippen molar-refractivity contribution in [2.24, 2.45) is 0 Å². The van der Waals surface area contributed by atoms with Crippen molar-refractivity contribution in [3.8, 4) is 0 Å². The summed E-state index contributed by atoms with van der Waals surface area (Å²) in [5, 5.41) is 12.2. The van der Waals surface area contributed by atoms with E-state index in [-0.39, 0.29) is 24.8 Å². The third-order valence-corrected chi connectivity index (χ3v) is 4.21. The van der Waals surface area contributed by atoms with Crippen molar-refractivity contribution in [3.05, 3.63) is 18.3 Å². The number of unbranched alkanes of at least 4 members (excludes halogenated alkanes) is 3. The molecule has 0 radical (unpaired) electrons. The molecule has 0 atom stereocenters. The number of aliphatic hydroxyl groups is 1. The number of piperazine rings is 1. The minimum atomic E-state index is 0. The minimum Gasteiger partial charge on any atom is -0.396 e. The van der Waals surface area contributed by atoms with Crippen LogP contribution in [0.4, 0.5) is 11.5 Å². The molecule has 1 aromatic heterocycles. The van der Waals surface area contributed by atoms with Crippen molar-refractivity contribution in [1.82, 2.24) is 9.88 Å². The number of anilines is 2. The fourth-order valence-corrected chi connectivity index (χ4v) is 2.96. The minimum absolute atomic E-state index is 0. The van der Waals surface area contributed by atoms with Crippen molar-refractivity contribution in [3.63, 3.8) is 0 Å². The Labute approximate surface area is 158 Å². The van der Waals surface area contributed by atoms with E-state index < -0.39 is 0 Å². The first-order valence-electron chi connectivity index (χ1n) is 8.62. The molecule has 1 aromatic rings. The summed E-state index contributed by atoms with van der Waals surface area (Å²) < 4.78 is 0. The monoisotopic (exact) mass is 378 g/mol. The van der Waals surface area contributed by atoms with Gasteiger partial charge in [0.1, 0.15) is 0 Å². The summed E-state index contributed by atoms with van der Waals surface area (Å²) in [5.74, 6) is 1.09. The van der Waals surface area contributed by atoms with E-state index in [4.69, 9.17) is 5.11 Å². The molecule has 0 bridgehead atoms. The molecule has 0 amide bonds. The molecule has 0 aliphatic carbocycles. The molecule has 2 rings (SSSR count). The lowest BCUT2D eigenvalue weighted by Gasteiger charge is -2.36. The molecule has 0 aromatic carbocycles. The van der Waals surface area contributed by atoms with Crippen LogP contribution in [0, 0.1) is 0 Å². The predicted molar refractivity (Wildman–Crippen MR) is 107 cm³/mol. The standard InChI is InChI=1S/C17H30N4O.2ClH/c1-2-18-16-8-7-9-19-17(16)21-13-11-20(12-14-21)10-5-3-4-6-15-22;;/h7-9,18,22H,2-6,10-15H2,1H3;2*1H. The van der Waals surface area contributed by atoms with Crippen molar-refractivity contribution < 1.29 is 5.11 Å². The summed E-state index contributed by atoms with van der Waals surface area (Å²) >= 11 is 0. The molecule has 0 unspecified atom stereocenters. The van der Waals surface area contributed by atoms with Crippen LogP contribution in [-0.2, 0) is 0 Å². The number of pyridine rings is 1. The van der Waals surface area contributed by atoms with Crippen molar-refractivity contribution in [2.75, 3.05) is 56.1 Å². The molecule has 0 spiro atoms. The van der Waals surface area contributed by atoms with Crippen LogP contribution in [0.25, 0.3) is 0 Å². The maximum absolute atomic E-state index is 8.79. The highest BCUT2D eigenvalue weighted by Crippen LogP contribution is 2.23. The molecule has 140 valence electrons. The van der Waals surface area contributed by atoms with E-state index in [1.165, 1.54) is 19.4 Å². The Bertz CT molecular complexity index is 429. The normalized spacial score (nSPS) is 14.7. The molecule has 2 heterocycles. The maximum Gasteiger partial charge on any atom is 0.152 e. The lowest BCUT2D eigenvalue weighted by Crippen LogP contribution is -2.47. The van der Waals surface area contributed by atoms with E-state index in [1.807, 2.05) is 12.3 Å². The van der Waals surface area contributed by atoms with Crippen LogP contribution in [-0.4, -0.2) is 60.9 Å². The van der Waals surface area contributed by atoms with Crippen LogP contribution in [0.3, 0.4) is 0 Å². The molecule has 1 fully saturated rings. The molecule has 24 heavy (non-hydrogen) atoms. The van der Waals surface area contributed by atoms with Gasteiger partial charge in [0.2, 0.25) is 0 Å². The second kappa shape index (κ2) is 13.5. The van der Waals surface area contributed by atoms with Crippen LogP contribution in [0.15, 0.2) is 18.3 Å². The molecular weight excluding hydrogens is 347 g/mol. The fourth-order valence-electron chi connectivity index (χ4n) is 2.96. The van der Waals surface area contributed by atoms with Crippen molar-refractivity contribution >= 4 is 36.3 Å². The number of rotatable bonds is 9. The highest BCUT2D eigenvalue weighted by molar-refractivity contribution is 5.85. The predicted octanol–water partition coefficient (Wildman–Crippen LogP) is 3.03. The molecule has 7 heteroatoms. The van der Waals surface area contributed by atoms with Gasteiger partial charge in [0.25, 0.3) is 0 Å². The Kier molecular flexibility index (Phi) is 13.1. The van der Waals surface area contributed by atoms with Gasteiger partial charge in [-0.05, 0) is 38.4 Å². The highest BCUT2D eigenvalue weighted by Gasteiger charge is 2.19. The average Bonchev–Trinajstić information content (AvgIpc) is 2.56. The zero-order chi connectivity index (χ0) is 15.6. The average molecular weight is 379 g/mol. The summed E-state index contributed by atoms with van der Waals surface area (Å²) in [5.41, 5.74) is 1.14. The zero-order valence-electron chi connectivity index (χ0n) is 14.6. The van der Waals surface area contributed by atoms with E-state index in [0.29, 0.717) is 6.61 Å². The SMILES string of the molecule is CCNc1cccnc1N1CCN(CCCCCCO)CC1.Cl.Cl.